The number of hydrogen-bond donors (Lipinski definition) is 1. The summed E-state index contributed by atoms with van der Waals surface area (Å²) >= 11 is 5.43. The number of carboxylic acid groups (broad SMARTS) is 1. The van der Waals surface area contributed by atoms with Crippen molar-refractivity contribution >= 4 is 17.6 Å². The number of carbonyl (C=O) groups is 1. The zero-order valence-electron chi connectivity index (χ0n) is 10.2. The summed E-state index contributed by atoms with van der Waals surface area (Å²) < 4.78 is 80.2. The van der Waals surface area contributed by atoms with Gasteiger partial charge in [0, 0.05) is 5.56 Å². The predicted molar refractivity (Wildman–Crippen MR) is 63.6 cm³/mol. The maximum absolute atomic E-state index is 13.8. The molecule has 2 rings (SSSR count). The van der Waals surface area contributed by atoms with Gasteiger partial charge in [-0.1, -0.05) is 11.6 Å². The van der Waals surface area contributed by atoms with Crippen LogP contribution in [0.15, 0.2) is 12.1 Å². The van der Waals surface area contributed by atoms with Gasteiger partial charge < -0.3 is 5.11 Å². The average molecular weight is 341 g/mol. The molecule has 0 radical (unpaired) electrons. The molecule has 0 aromatic heterocycles. The van der Waals surface area contributed by atoms with Crippen LogP contribution < -0.4 is 0 Å². The topological polar surface area (TPSA) is 37.3 Å². The molecule has 2 aromatic carbocycles. The van der Waals surface area contributed by atoms with E-state index in [1.807, 2.05) is 0 Å². The highest BCUT2D eigenvalue weighted by Crippen LogP contribution is 2.35. The van der Waals surface area contributed by atoms with Crippen LogP contribution in [0.2, 0.25) is 5.02 Å². The second kappa shape index (κ2) is 5.53. The van der Waals surface area contributed by atoms with E-state index in [0.29, 0.717) is 12.1 Å². The van der Waals surface area contributed by atoms with Crippen LogP contribution in [0.4, 0.5) is 26.3 Å². The van der Waals surface area contributed by atoms with Gasteiger partial charge in [0.1, 0.15) is 5.82 Å². The van der Waals surface area contributed by atoms with Gasteiger partial charge >= 0.3 is 5.97 Å². The predicted octanol–water partition coefficient (Wildman–Crippen LogP) is 4.54. The summed E-state index contributed by atoms with van der Waals surface area (Å²) in [5.41, 5.74) is -3.45. The van der Waals surface area contributed by atoms with Crippen LogP contribution in [0, 0.1) is 34.9 Å². The maximum Gasteiger partial charge on any atom is 0.337 e. The third kappa shape index (κ3) is 2.39. The Morgan fingerprint density at radius 2 is 1.32 bits per heavy atom. The van der Waals surface area contributed by atoms with Crippen LogP contribution in [0.5, 0.6) is 0 Å². The summed E-state index contributed by atoms with van der Waals surface area (Å²) in [6.07, 6.45) is 0. The van der Waals surface area contributed by atoms with Crippen molar-refractivity contribution in [2.75, 3.05) is 0 Å². The maximum atomic E-state index is 13.8. The van der Waals surface area contributed by atoms with Crippen molar-refractivity contribution in [3.8, 4) is 11.1 Å². The molecule has 0 bridgehead atoms. The Morgan fingerprint density at radius 1 is 0.864 bits per heavy atom. The van der Waals surface area contributed by atoms with Gasteiger partial charge in [0.15, 0.2) is 23.3 Å². The van der Waals surface area contributed by atoms with Crippen LogP contribution in [0.3, 0.4) is 0 Å². The Morgan fingerprint density at radius 3 is 1.77 bits per heavy atom. The summed E-state index contributed by atoms with van der Waals surface area (Å²) in [4.78, 5) is 10.9. The minimum absolute atomic E-state index is 0.387. The first-order chi connectivity index (χ1) is 10.2. The molecule has 2 nitrogen and oxygen atoms in total. The largest absolute Gasteiger partial charge is 0.478 e. The summed E-state index contributed by atoms with van der Waals surface area (Å²) in [6, 6.07) is 0.788. The second-order valence-electron chi connectivity index (χ2n) is 4.06. The summed E-state index contributed by atoms with van der Waals surface area (Å²) in [5.74, 6) is -14.6. The molecule has 116 valence electrons. The molecular formula is C13H3ClF6O2. The molecule has 0 aliphatic carbocycles. The number of aromatic carboxylic acids is 1. The Bertz CT molecular complexity index is 777. The van der Waals surface area contributed by atoms with E-state index in [9.17, 15) is 31.1 Å². The smallest absolute Gasteiger partial charge is 0.337 e. The molecule has 1 N–H and O–H groups in total. The van der Waals surface area contributed by atoms with Crippen LogP contribution in [-0.2, 0) is 0 Å². The van der Waals surface area contributed by atoms with Crippen molar-refractivity contribution in [2.45, 2.75) is 0 Å². The minimum Gasteiger partial charge on any atom is -0.478 e. The molecular weight excluding hydrogens is 338 g/mol. The molecule has 0 aliphatic heterocycles. The van der Waals surface area contributed by atoms with Gasteiger partial charge in [-0.3, -0.25) is 0 Å². The molecule has 0 fully saturated rings. The van der Waals surface area contributed by atoms with Gasteiger partial charge in [-0.15, -0.1) is 0 Å². The summed E-state index contributed by atoms with van der Waals surface area (Å²) in [5, 5.41) is 8.22. The first-order valence-electron chi connectivity index (χ1n) is 5.41. The van der Waals surface area contributed by atoms with E-state index in [1.54, 1.807) is 0 Å². The quantitative estimate of drug-likeness (QED) is 0.495. The molecule has 0 saturated carbocycles. The number of benzene rings is 2. The lowest BCUT2D eigenvalue weighted by Crippen LogP contribution is -2.06. The van der Waals surface area contributed by atoms with Gasteiger partial charge in [0.05, 0.1) is 16.1 Å². The Balaban J connectivity index is 2.89. The average Bonchev–Trinajstić information content (AvgIpc) is 2.45. The minimum atomic E-state index is -2.41. The van der Waals surface area contributed by atoms with Gasteiger partial charge in [-0.2, -0.15) is 0 Å². The van der Waals surface area contributed by atoms with Crippen LogP contribution in [0.25, 0.3) is 11.1 Å². The third-order valence-electron chi connectivity index (χ3n) is 2.77. The lowest BCUT2D eigenvalue weighted by atomic mass is 10.0. The molecule has 0 saturated heterocycles. The van der Waals surface area contributed by atoms with E-state index in [2.05, 4.69) is 0 Å². The van der Waals surface area contributed by atoms with Crippen molar-refractivity contribution in [1.29, 1.82) is 0 Å². The zero-order valence-corrected chi connectivity index (χ0v) is 10.9. The van der Waals surface area contributed by atoms with Crippen molar-refractivity contribution in [3.05, 3.63) is 57.6 Å². The molecule has 0 spiro atoms. The first-order valence-corrected chi connectivity index (χ1v) is 5.78. The Hall–Kier alpha value is -2.22. The van der Waals surface area contributed by atoms with Crippen LogP contribution in [0.1, 0.15) is 10.4 Å². The number of hydrogen-bond acceptors (Lipinski definition) is 1. The van der Waals surface area contributed by atoms with Gasteiger partial charge in [-0.25, -0.2) is 31.1 Å². The molecule has 0 amide bonds. The van der Waals surface area contributed by atoms with E-state index in [-0.39, 0.29) is 0 Å². The zero-order chi connectivity index (χ0) is 16.8. The number of rotatable bonds is 2. The van der Waals surface area contributed by atoms with Crippen molar-refractivity contribution in [2.24, 2.45) is 0 Å². The lowest BCUT2D eigenvalue weighted by molar-refractivity contribution is 0.0697. The Kier molecular flexibility index (Phi) is 4.06. The standard InChI is InChI=1S/C13H3ClF6O2/c14-5-2-6(15)4(1-3(5)13(21)22)7-8(16)10(18)12(20)11(19)9(7)17/h1-2H,(H,21,22). The fraction of sp³-hybridized carbons (Fsp3) is 0. The second-order valence-corrected chi connectivity index (χ2v) is 4.47. The monoisotopic (exact) mass is 340 g/mol. The summed E-state index contributed by atoms with van der Waals surface area (Å²) in [7, 11) is 0. The lowest BCUT2D eigenvalue weighted by Gasteiger charge is -2.11. The van der Waals surface area contributed by atoms with Crippen molar-refractivity contribution in [3.63, 3.8) is 0 Å². The number of carboxylic acids is 1. The van der Waals surface area contributed by atoms with Crippen LogP contribution in [-0.4, -0.2) is 11.1 Å². The van der Waals surface area contributed by atoms with Gasteiger partial charge in [0.2, 0.25) is 5.82 Å². The van der Waals surface area contributed by atoms with Gasteiger partial charge in [-0.05, 0) is 12.1 Å². The SMILES string of the molecule is O=C(O)c1cc(-c2c(F)c(F)c(F)c(F)c2F)c(F)cc1Cl. The van der Waals surface area contributed by atoms with E-state index < -0.39 is 62.6 Å². The molecule has 9 heteroatoms. The summed E-state index contributed by atoms with van der Waals surface area (Å²) in [6.45, 7) is 0. The van der Waals surface area contributed by atoms with Crippen molar-refractivity contribution in [1.82, 2.24) is 0 Å². The fourth-order valence-electron chi connectivity index (χ4n) is 1.75. The molecule has 0 aliphatic rings. The van der Waals surface area contributed by atoms with E-state index in [1.165, 1.54) is 0 Å². The highest BCUT2D eigenvalue weighted by atomic mass is 35.5. The normalized spacial score (nSPS) is 10.9. The molecule has 0 heterocycles. The van der Waals surface area contributed by atoms with E-state index >= 15 is 0 Å². The molecule has 0 atom stereocenters. The Labute approximate surface area is 123 Å². The van der Waals surface area contributed by atoms with E-state index in [4.69, 9.17) is 16.7 Å². The van der Waals surface area contributed by atoms with Gasteiger partial charge in [0.25, 0.3) is 0 Å². The highest BCUT2D eigenvalue weighted by Gasteiger charge is 2.29. The molecule has 0 unspecified atom stereocenters. The van der Waals surface area contributed by atoms with Crippen molar-refractivity contribution < 1.29 is 36.2 Å². The molecule has 22 heavy (non-hydrogen) atoms. The van der Waals surface area contributed by atoms with Crippen LogP contribution >= 0.6 is 11.6 Å². The first kappa shape index (κ1) is 16.2. The fourth-order valence-corrected chi connectivity index (χ4v) is 1.98. The van der Waals surface area contributed by atoms with E-state index in [0.717, 1.165) is 0 Å². The highest BCUT2D eigenvalue weighted by molar-refractivity contribution is 6.33. The number of halogens is 7. The third-order valence-corrected chi connectivity index (χ3v) is 3.08. The molecule has 2 aromatic rings.